The smallest absolute Gasteiger partial charge is 0.00198 e. The van der Waals surface area contributed by atoms with Crippen molar-refractivity contribution in [1.82, 2.24) is 0 Å². The van der Waals surface area contributed by atoms with Crippen molar-refractivity contribution in [1.29, 1.82) is 0 Å². The highest BCUT2D eigenvalue weighted by atomic mass is 32.2. The number of nitrogens with two attached hydrogens (primary N) is 1. The van der Waals surface area contributed by atoms with Crippen molar-refractivity contribution in [2.45, 2.75) is 32.1 Å². The summed E-state index contributed by atoms with van der Waals surface area (Å²) in [6, 6.07) is 0. The summed E-state index contributed by atoms with van der Waals surface area (Å²) in [5.41, 5.74) is 6.47. The Morgan fingerprint density at radius 3 is 2.42 bits per heavy atom. The molecule has 0 radical (unpaired) electrons. The van der Waals surface area contributed by atoms with Gasteiger partial charge in [0.25, 0.3) is 0 Å². The molecule has 12 heavy (non-hydrogen) atoms. The van der Waals surface area contributed by atoms with Gasteiger partial charge in [-0.2, -0.15) is 11.8 Å². The van der Waals surface area contributed by atoms with Crippen molar-refractivity contribution in [2.75, 3.05) is 18.1 Å². The van der Waals surface area contributed by atoms with Crippen molar-refractivity contribution in [2.24, 2.45) is 17.1 Å². The molecule has 1 saturated heterocycles. The van der Waals surface area contributed by atoms with Crippen LogP contribution >= 0.6 is 11.8 Å². The Kier molecular flexibility index (Phi) is 2.66. The van der Waals surface area contributed by atoms with Crippen LogP contribution in [0.3, 0.4) is 0 Å². The Bertz CT molecular complexity index is 148. The lowest BCUT2D eigenvalue weighted by Gasteiger charge is -2.36. The third kappa shape index (κ3) is 1.97. The lowest BCUT2D eigenvalue weighted by molar-refractivity contribution is 0.235. The zero-order valence-corrected chi connectivity index (χ0v) is 8.54. The highest BCUT2D eigenvalue weighted by Crippen LogP contribution is 2.46. The molecule has 2 N–H and O–H groups in total. The molecule has 1 nitrogen and oxygen atoms in total. The van der Waals surface area contributed by atoms with Gasteiger partial charge in [-0.05, 0) is 48.6 Å². The van der Waals surface area contributed by atoms with Gasteiger partial charge < -0.3 is 5.73 Å². The SMILES string of the molecule is NCC1(CC2CC2)CCSCC1. The highest BCUT2D eigenvalue weighted by molar-refractivity contribution is 7.99. The first-order valence-corrected chi connectivity index (χ1v) is 6.28. The Balaban J connectivity index is 1.90. The molecule has 1 aliphatic heterocycles. The van der Waals surface area contributed by atoms with Crippen LogP contribution in [0.1, 0.15) is 32.1 Å². The fourth-order valence-corrected chi connectivity index (χ4v) is 3.59. The molecule has 0 spiro atoms. The summed E-state index contributed by atoms with van der Waals surface area (Å²) in [5, 5.41) is 0. The summed E-state index contributed by atoms with van der Waals surface area (Å²) in [6.07, 6.45) is 7.16. The minimum atomic E-state index is 0.562. The molecular weight excluding hydrogens is 166 g/mol. The fraction of sp³-hybridized carbons (Fsp3) is 1.00. The monoisotopic (exact) mass is 185 g/mol. The molecule has 0 atom stereocenters. The Labute approximate surface area is 79.5 Å². The van der Waals surface area contributed by atoms with E-state index in [-0.39, 0.29) is 0 Å². The standard InChI is InChI=1S/C10H19NS/c11-8-10(7-9-1-2-9)3-5-12-6-4-10/h9H,1-8,11H2. The van der Waals surface area contributed by atoms with Crippen molar-refractivity contribution >= 4 is 11.8 Å². The van der Waals surface area contributed by atoms with E-state index in [1.165, 1.54) is 43.6 Å². The van der Waals surface area contributed by atoms with Crippen molar-refractivity contribution < 1.29 is 0 Å². The number of rotatable bonds is 3. The second-order valence-electron chi connectivity index (χ2n) is 4.46. The van der Waals surface area contributed by atoms with Gasteiger partial charge in [0.15, 0.2) is 0 Å². The minimum Gasteiger partial charge on any atom is -0.330 e. The second-order valence-corrected chi connectivity index (χ2v) is 5.69. The van der Waals surface area contributed by atoms with Crippen LogP contribution < -0.4 is 5.73 Å². The number of hydrogen-bond acceptors (Lipinski definition) is 2. The topological polar surface area (TPSA) is 26.0 Å². The predicted octanol–water partition coefficient (Wildman–Crippen LogP) is 2.26. The molecule has 0 aromatic heterocycles. The van der Waals surface area contributed by atoms with Crippen LogP contribution in [0.2, 0.25) is 0 Å². The molecule has 1 aliphatic carbocycles. The van der Waals surface area contributed by atoms with Crippen LogP contribution in [0, 0.1) is 11.3 Å². The van der Waals surface area contributed by atoms with Crippen molar-refractivity contribution in [3.05, 3.63) is 0 Å². The maximum Gasteiger partial charge on any atom is -0.00198 e. The maximum atomic E-state index is 5.91. The molecule has 2 heteroatoms. The van der Waals surface area contributed by atoms with E-state index < -0.39 is 0 Å². The van der Waals surface area contributed by atoms with Crippen molar-refractivity contribution in [3.8, 4) is 0 Å². The normalized spacial score (nSPS) is 28.8. The Hall–Kier alpha value is 0.310. The molecule has 70 valence electrons. The fourth-order valence-electron chi connectivity index (χ4n) is 2.23. The van der Waals surface area contributed by atoms with Gasteiger partial charge in [-0.1, -0.05) is 12.8 Å². The molecule has 2 aliphatic rings. The van der Waals surface area contributed by atoms with Crippen LogP contribution in [0.25, 0.3) is 0 Å². The van der Waals surface area contributed by atoms with Crippen LogP contribution in [-0.2, 0) is 0 Å². The van der Waals surface area contributed by atoms with Gasteiger partial charge in [0.2, 0.25) is 0 Å². The molecule has 0 unspecified atom stereocenters. The van der Waals surface area contributed by atoms with E-state index in [0.29, 0.717) is 5.41 Å². The van der Waals surface area contributed by atoms with Crippen LogP contribution in [-0.4, -0.2) is 18.1 Å². The summed E-state index contributed by atoms with van der Waals surface area (Å²) in [7, 11) is 0. The van der Waals surface area contributed by atoms with Gasteiger partial charge in [-0.15, -0.1) is 0 Å². The first-order valence-electron chi connectivity index (χ1n) is 5.12. The first-order chi connectivity index (χ1) is 5.85. The molecule has 0 amide bonds. The molecular formula is C10H19NS. The van der Waals surface area contributed by atoms with E-state index in [0.717, 1.165) is 12.5 Å². The van der Waals surface area contributed by atoms with Gasteiger partial charge in [0.05, 0.1) is 0 Å². The third-order valence-electron chi connectivity index (χ3n) is 3.41. The molecule has 1 saturated carbocycles. The lowest BCUT2D eigenvalue weighted by atomic mass is 9.77. The zero-order chi connectivity index (χ0) is 8.44. The Morgan fingerprint density at radius 1 is 1.25 bits per heavy atom. The van der Waals surface area contributed by atoms with Crippen molar-refractivity contribution in [3.63, 3.8) is 0 Å². The van der Waals surface area contributed by atoms with Crippen LogP contribution in [0.4, 0.5) is 0 Å². The summed E-state index contributed by atoms with van der Waals surface area (Å²) in [6.45, 7) is 0.935. The quantitative estimate of drug-likeness (QED) is 0.730. The van der Waals surface area contributed by atoms with Gasteiger partial charge >= 0.3 is 0 Å². The summed E-state index contributed by atoms with van der Waals surface area (Å²) < 4.78 is 0. The van der Waals surface area contributed by atoms with E-state index in [1.54, 1.807) is 0 Å². The molecule has 1 heterocycles. The average molecular weight is 185 g/mol. The van der Waals surface area contributed by atoms with E-state index in [9.17, 15) is 0 Å². The molecule has 2 rings (SSSR count). The summed E-state index contributed by atoms with van der Waals surface area (Å²) in [5.74, 6) is 3.75. The first kappa shape index (κ1) is 8.89. The van der Waals surface area contributed by atoms with E-state index >= 15 is 0 Å². The summed E-state index contributed by atoms with van der Waals surface area (Å²) >= 11 is 2.10. The molecule has 0 aromatic carbocycles. The average Bonchev–Trinajstić information content (AvgIpc) is 2.90. The van der Waals surface area contributed by atoms with Crippen LogP contribution in [0.15, 0.2) is 0 Å². The second kappa shape index (κ2) is 3.59. The predicted molar refractivity (Wildman–Crippen MR) is 55.4 cm³/mol. The third-order valence-corrected chi connectivity index (χ3v) is 4.39. The maximum absolute atomic E-state index is 5.91. The lowest BCUT2D eigenvalue weighted by Crippen LogP contribution is -2.34. The largest absolute Gasteiger partial charge is 0.330 e. The minimum absolute atomic E-state index is 0.562. The van der Waals surface area contributed by atoms with Crippen LogP contribution in [0.5, 0.6) is 0 Å². The zero-order valence-electron chi connectivity index (χ0n) is 7.72. The highest BCUT2D eigenvalue weighted by Gasteiger charge is 2.36. The molecule has 0 aromatic rings. The molecule has 0 bridgehead atoms. The van der Waals surface area contributed by atoms with Gasteiger partial charge in [-0.3, -0.25) is 0 Å². The molecule has 2 fully saturated rings. The summed E-state index contributed by atoms with van der Waals surface area (Å²) in [4.78, 5) is 0. The Morgan fingerprint density at radius 2 is 1.92 bits per heavy atom. The number of hydrogen-bond donors (Lipinski definition) is 1. The van der Waals surface area contributed by atoms with Gasteiger partial charge in [-0.25, -0.2) is 0 Å². The van der Waals surface area contributed by atoms with E-state index in [2.05, 4.69) is 11.8 Å². The van der Waals surface area contributed by atoms with Gasteiger partial charge in [0, 0.05) is 0 Å². The number of thioether (sulfide) groups is 1. The van der Waals surface area contributed by atoms with E-state index in [4.69, 9.17) is 5.73 Å². The van der Waals surface area contributed by atoms with E-state index in [1.807, 2.05) is 0 Å². The van der Waals surface area contributed by atoms with Gasteiger partial charge in [0.1, 0.15) is 0 Å².